The Morgan fingerprint density at radius 2 is 1.76 bits per heavy atom. The first-order valence-electron chi connectivity index (χ1n) is 7.86. The highest BCUT2D eigenvalue weighted by atomic mass is 15.2. The number of nitrogens with zero attached hydrogens (tertiary/aromatic N) is 2. The molecule has 2 aliphatic rings. The highest BCUT2D eigenvalue weighted by Gasteiger charge is 2.26. The van der Waals surface area contributed by atoms with E-state index in [-0.39, 0.29) is 0 Å². The second kappa shape index (κ2) is 7.38. The van der Waals surface area contributed by atoms with E-state index < -0.39 is 0 Å². The molecule has 0 unspecified atom stereocenters. The Morgan fingerprint density at radius 3 is 2.53 bits per heavy atom. The predicted octanol–water partition coefficient (Wildman–Crippen LogP) is 3.13. The van der Waals surface area contributed by atoms with Gasteiger partial charge in [0.2, 0.25) is 0 Å². The lowest BCUT2D eigenvalue weighted by atomic mass is 10.1. The van der Waals surface area contributed by atoms with Gasteiger partial charge in [-0.1, -0.05) is 26.2 Å². The fraction of sp³-hybridized carbons (Fsp3) is 1.00. The van der Waals surface area contributed by atoms with Crippen molar-refractivity contribution in [3.8, 4) is 0 Å². The van der Waals surface area contributed by atoms with E-state index in [1.54, 1.807) is 0 Å². The van der Waals surface area contributed by atoms with Crippen molar-refractivity contribution in [2.45, 2.75) is 64.3 Å². The number of hydrogen-bond acceptors (Lipinski definition) is 2. The van der Waals surface area contributed by atoms with Gasteiger partial charge in [0.05, 0.1) is 0 Å². The molecule has 100 valence electrons. The van der Waals surface area contributed by atoms with Crippen molar-refractivity contribution in [1.29, 1.82) is 0 Å². The molecule has 0 saturated carbocycles. The molecule has 2 fully saturated rings. The van der Waals surface area contributed by atoms with Crippen LogP contribution in [-0.4, -0.2) is 48.6 Å². The maximum Gasteiger partial charge on any atom is 0.0223 e. The topological polar surface area (TPSA) is 6.48 Å². The molecule has 0 amide bonds. The van der Waals surface area contributed by atoms with Gasteiger partial charge < -0.3 is 4.90 Å². The zero-order valence-corrected chi connectivity index (χ0v) is 11.7. The van der Waals surface area contributed by atoms with Crippen LogP contribution in [0, 0.1) is 0 Å². The number of piperidine rings is 1. The molecule has 0 aromatic carbocycles. The number of unbranched alkanes of at least 4 members (excludes halogenated alkanes) is 2. The second-order valence-electron chi connectivity index (χ2n) is 5.90. The van der Waals surface area contributed by atoms with Crippen molar-refractivity contribution in [2.75, 3.05) is 32.7 Å². The number of hydrogen-bond donors (Lipinski definition) is 0. The van der Waals surface area contributed by atoms with Gasteiger partial charge in [-0.2, -0.15) is 0 Å². The van der Waals surface area contributed by atoms with Gasteiger partial charge in [-0.25, -0.2) is 0 Å². The average Bonchev–Trinajstić information content (AvgIpc) is 2.79. The van der Waals surface area contributed by atoms with Crippen LogP contribution in [0.2, 0.25) is 0 Å². The molecule has 0 bridgehead atoms. The predicted molar refractivity (Wildman–Crippen MR) is 74.4 cm³/mol. The van der Waals surface area contributed by atoms with Crippen LogP contribution in [-0.2, 0) is 0 Å². The molecule has 0 aromatic heterocycles. The molecule has 17 heavy (non-hydrogen) atoms. The zero-order chi connectivity index (χ0) is 11.9. The van der Waals surface area contributed by atoms with E-state index in [0.29, 0.717) is 0 Å². The third kappa shape index (κ3) is 4.26. The lowest BCUT2D eigenvalue weighted by Crippen LogP contribution is -2.42. The summed E-state index contributed by atoms with van der Waals surface area (Å²) in [4.78, 5) is 5.48. The van der Waals surface area contributed by atoms with Crippen molar-refractivity contribution < 1.29 is 0 Å². The maximum atomic E-state index is 2.77. The molecule has 2 heteroatoms. The van der Waals surface area contributed by atoms with Crippen LogP contribution in [0.5, 0.6) is 0 Å². The minimum atomic E-state index is 0.880. The van der Waals surface area contributed by atoms with Crippen molar-refractivity contribution in [1.82, 2.24) is 9.80 Å². The van der Waals surface area contributed by atoms with Gasteiger partial charge in [0.25, 0.3) is 0 Å². The molecule has 2 saturated heterocycles. The Bertz CT molecular complexity index is 199. The summed E-state index contributed by atoms with van der Waals surface area (Å²) in [7, 11) is 0. The Morgan fingerprint density at radius 1 is 0.941 bits per heavy atom. The molecule has 0 aliphatic carbocycles. The summed E-state index contributed by atoms with van der Waals surface area (Å²) in [6.07, 6.45) is 11.4. The lowest BCUT2D eigenvalue weighted by molar-refractivity contribution is 0.152. The fourth-order valence-electron chi connectivity index (χ4n) is 3.40. The third-order valence-corrected chi connectivity index (χ3v) is 4.47. The molecular weight excluding hydrogens is 208 g/mol. The van der Waals surface area contributed by atoms with Crippen molar-refractivity contribution in [3.05, 3.63) is 0 Å². The quantitative estimate of drug-likeness (QED) is 0.656. The van der Waals surface area contributed by atoms with E-state index in [2.05, 4.69) is 16.7 Å². The van der Waals surface area contributed by atoms with Crippen LogP contribution in [0.15, 0.2) is 0 Å². The maximum absolute atomic E-state index is 2.77. The molecule has 0 aromatic rings. The average molecular weight is 238 g/mol. The standard InChI is InChI=1S/C15H30N2/c1-2-3-5-12-17-13-8-9-15(17)14-16-10-6-4-7-11-16/h15H,2-14H2,1H3/t15-/m0/s1. The fourth-order valence-corrected chi connectivity index (χ4v) is 3.40. The van der Waals surface area contributed by atoms with Crippen molar-refractivity contribution in [3.63, 3.8) is 0 Å². The molecule has 2 heterocycles. The summed E-state index contributed by atoms with van der Waals surface area (Å²) in [6.45, 7) is 9.09. The zero-order valence-electron chi connectivity index (χ0n) is 11.7. The van der Waals surface area contributed by atoms with Crippen LogP contribution in [0.4, 0.5) is 0 Å². The Kier molecular flexibility index (Phi) is 5.79. The largest absolute Gasteiger partial charge is 0.302 e. The molecular formula is C15H30N2. The van der Waals surface area contributed by atoms with Gasteiger partial charge in [-0.05, 0) is 58.3 Å². The monoisotopic (exact) mass is 238 g/mol. The highest BCUT2D eigenvalue weighted by Crippen LogP contribution is 2.20. The molecule has 0 N–H and O–H groups in total. The van der Waals surface area contributed by atoms with Crippen molar-refractivity contribution >= 4 is 0 Å². The highest BCUT2D eigenvalue weighted by molar-refractivity contribution is 4.82. The van der Waals surface area contributed by atoms with E-state index in [1.807, 2.05) is 0 Å². The SMILES string of the molecule is CCCCCN1CCC[C@H]1CN1CCCCC1. The first kappa shape index (κ1) is 13.4. The van der Waals surface area contributed by atoms with E-state index in [9.17, 15) is 0 Å². The van der Waals surface area contributed by atoms with Gasteiger partial charge in [-0.15, -0.1) is 0 Å². The summed E-state index contributed by atoms with van der Waals surface area (Å²) in [5.41, 5.74) is 0. The molecule has 0 radical (unpaired) electrons. The normalized spacial score (nSPS) is 27.7. The van der Waals surface area contributed by atoms with Gasteiger partial charge in [0, 0.05) is 12.6 Å². The van der Waals surface area contributed by atoms with Crippen molar-refractivity contribution in [2.24, 2.45) is 0 Å². The number of likely N-dealkylation sites (tertiary alicyclic amines) is 2. The summed E-state index contributed by atoms with van der Waals surface area (Å²) < 4.78 is 0. The minimum absolute atomic E-state index is 0.880. The van der Waals surface area contributed by atoms with E-state index in [4.69, 9.17) is 0 Å². The lowest BCUT2D eigenvalue weighted by Gasteiger charge is -2.33. The van der Waals surface area contributed by atoms with Crippen LogP contribution >= 0.6 is 0 Å². The van der Waals surface area contributed by atoms with Crippen LogP contribution < -0.4 is 0 Å². The smallest absolute Gasteiger partial charge is 0.0223 e. The molecule has 0 spiro atoms. The molecule has 2 rings (SSSR count). The summed E-state index contributed by atoms with van der Waals surface area (Å²) in [5, 5.41) is 0. The first-order chi connectivity index (χ1) is 8.40. The third-order valence-electron chi connectivity index (χ3n) is 4.47. The van der Waals surface area contributed by atoms with Crippen LogP contribution in [0.1, 0.15) is 58.3 Å². The summed E-state index contributed by atoms with van der Waals surface area (Å²) in [5.74, 6) is 0. The van der Waals surface area contributed by atoms with Gasteiger partial charge in [0.15, 0.2) is 0 Å². The first-order valence-corrected chi connectivity index (χ1v) is 7.86. The van der Waals surface area contributed by atoms with Gasteiger partial charge >= 0.3 is 0 Å². The van der Waals surface area contributed by atoms with E-state index >= 15 is 0 Å². The second-order valence-corrected chi connectivity index (χ2v) is 5.90. The summed E-state index contributed by atoms with van der Waals surface area (Å²) >= 11 is 0. The Hall–Kier alpha value is -0.0800. The van der Waals surface area contributed by atoms with E-state index in [1.165, 1.54) is 84.1 Å². The Balaban J connectivity index is 1.70. The molecule has 2 aliphatic heterocycles. The van der Waals surface area contributed by atoms with Gasteiger partial charge in [0.1, 0.15) is 0 Å². The molecule has 2 nitrogen and oxygen atoms in total. The summed E-state index contributed by atoms with van der Waals surface area (Å²) in [6, 6.07) is 0.880. The van der Waals surface area contributed by atoms with E-state index in [0.717, 1.165) is 6.04 Å². The molecule has 1 atom stereocenters. The number of rotatable bonds is 6. The Labute approximate surface area is 107 Å². The van der Waals surface area contributed by atoms with Crippen LogP contribution in [0.3, 0.4) is 0 Å². The van der Waals surface area contributed by atoms with Crippen LogP contribution in [0.25, 0.3) is 0 Å². The van der Waals surface area contributed by atoms with Gasteiger partial charge in [-0.3, -0.25) is 4.90 Å². The minimum Gasteiger partial charge on any atom is -0.302 e.